The molecule has 0 aliphatic carbocycles. The number of benzene rings is 1. The molecular weight excluding hydrogens is 280 g/mol. The van der Waals surface area contributed by atoms with Crippen LogP contribution in [0.4, 0.5) is 0 Å². The molecule has 22 heavy (non-hydrogen) atoms. The molecule has 4 nitrogen and oxygen atoms in total. The van der Waals surface area contributed by atoms with E-state index >= 15 is 0 Å². The molecule has 1 aromatic carbocycles. The minimum absolute atomic E-state index is 0.00857. The lowest BCUT2D eigenvalue weighted by atomic mass is 9.79. The third-order valence-electron chi connectivity index (χ3n) is 4.72. The van der Waals surface area contributed by atoms with Crippen LogP contribution < -0.4 is 0 Å². The van der Waals surface area contributed by atoms with Crippen LogP contribution in [-0.4, -0.2) is 32.6 Å². The molecule has 4 heteroatoms. The SMILES string of the molecule is COC(=O)[C@H](C)[C@H]1[C@H](C)[C@@H](OC)O[C@H]1CCc1ccccc1. The van der Waals surface area contributed by atoms with Gasteiger partial charge in [-0.15, -0.1) is 0 Å². The molecule has 1 saturated heterocycles. The van der Waals surface area contributed by atoms with Gasteiger partial charge in [-0.25, -0.2) is 0 Å². The summed E-state index contributed by atoms with van der Waals surface area (Å²) in [5.74, 6) is -0.0937. The van der Waals surface area contributed by atoms with Crippen molar-refractivity contribution < 1.29 is 19.0 Å². The summed E-state index contributed by atoms with van der Waals surface area (Å²) in [6.45, 7) is 4.00. The van der Waals surface area contributed by atoms with E-state index in [9.17, 15) is 4.79 Å². The summed E-state index contributed by atoms with van der Waals surface area (Å²) in [6.07, 6.45) is 1.56. The number of esters is 1. The summed E-state index contributed by atoms with van der Waals surface area (Å²) < 4.78 is 16.4. The van der Waals surface area contributed by atoms with E-state index in [-0.39, 0.29) is 36.1 Å². The van der Waals surface area contributed by atoms with Crippen LogP contribution in [0, 0.1) is 17.8 Å². The number of aryl methyl sites for hydroxylation is 1. The van der Waals surface area contributed by atoms with Crippen molar-refractivity contribution in [2.24, 2.45) is 17.8 Å². The molecule has 1 aliphatic heterocycles. The fourth-order valence-corrected chi connectivity index (χ4v) is 3.51. The van der Waals surface area contributed by atoms with Gasteiger partial charge in [0, 0.05) is 18.9 Å². The summed E-state index contributed by atoms with van der Waals surface area (Å²) in [4.78, 5) is 11.9. The number of ether oxygens (including phenoxy) is 3. The first-order chi connectivity index (χ1) is 10.6. The lowest BCUT2D eigenvalue weighted by molar-refractivity contribution is -0.148. The van der Waals surface area contributed by atoms with Crippen molar-refractivity contribution in [3.63, 3.8) is 0 Å². The lowest BCUT2D eigenvalue weighted by Crippen LogP contribution is -2.32. The van der Waals surface area contributed by atoms with Gasteiger partial charge in [0.2, 0.25) is 0 Å². The molecule has 0 unspecified atom stereocenters. The molecule has 1 aliphatic rings. The van der Waals surface area contributed by atoms with Gasteiger partial charge in [0.15, 0.2) is 6.29 Å². The average Bonchev–Trinajstić information content (AvgIpc) is 2.88. The zero-order valence-electron chi connectivity index (χ0n) is 13.8. The minimum Gasteiger partial charge on any atom is -0.469 e. The van der Waals surface area contributed by atoms with Gasteiger partial charge in [0.1, 0.15) is 0 Å². The molecule has 5 atom stereocenters. The van der Waals surface area contributed by atoms with Crippen molar-refractivity contribution in [3.05, 3.63) is 35.9 Å². The molecule has 0 amide bonds. The van der Waals surface area contributed by atoms with Gasteiger partial charge in [0.25, 0.3) is 0 Å². The highest BCUT2D eigenvalue weighted by molar-refractivity contribution is 5.72. The number of methoxy groups -OCH3 is 2. The molecule has 0 bridgehead atoms. The van der Waals surface area contributed by atoms with E-state index in [1.54, 1.807) is 7.11 Å². The Labute approximate surface area is 132 Å². The second-order valence-corrected chi connectivity index (χ2v) is 6.05. The smallest absolute Gasteiger partial charge is 0.308 e. The summed E-state index contributed by atoms with van der Waals surface area (Å²) in [7, 11) is 3.09. The van der Waals surface area contributed by atoms with E-state index < -0.39 is 0 Å². The minimum atomic E-state index is -0.252. The van der Waals surface area contributed by atoms with Crippen LogP contribution in [-0.2, 0) is 25.4 Å². The Morgan fingerprint density at radius 3 is 2.55 bits per heavy atom. The molecule has 0 saturated carbocycles. The molecule has 0 aromatic heterocycles. The number of carbonyl (C=O) groups is 1. The Morgan fingerprint density at radius 1 is 1.27 bits per heavy atom. The Balaban J connectivity index is 2.07. The van der Waals surface area contributed by atoms with Crippen LogP contribution in [0.5, 0.6) is 0 Å². The molecule has 0 radical (unpaired) electrons. The standard InChI is InChI=1S/C18H26O4/c1-12(17(19)20-3)16-13(2)18(21-4)22-15(16)11-10-14-8-6-5-7-9-14/h5-9,12-13,15-16,18H,10-11H2,1-4H3/t12-,13+,15+,16+,18+/m1/s1. The molecule has 1 heterocycles. The highest BCUT2D eigenvalue weighted by Crippen LogP contribution is 2.40. The maximum absolute atomic E-state index is 11.9. The summed E-state index contributed by atoms with van der Waals surface area (Å²) in [5, 5.41) is 0. The predicted octanol–water partition coefficient (Wildman–Crippen LogP) is 3.05. The van der Waals surface area contributed by atoms with Crippen molar-refractivity contribution >= 4 is 5.97 Å². The normalized spacial score (nSPS) is 29.3. The number of carbonyl (C=O) groups excluding carboxylic acids is 1. The van der Waals surface area contributed by atoms with E-state index in [1.807, 2.05) is 25.1 Å². The van der Waals surface area contributed by atoms with Crippen molar-refractivity contribution in [1.82, 2.24) is 0 Å². The van der Waals surface area contributed by atoms with E-state index in [0.717, 1.165) is 12.8 Å². The van der Waals surface area contributed by atoms with Crippen LogP contribution in [0.15, 0.2) is 30.3 Å². The fraction of sp³-hybridized carbons (Fsp3) is 0.611. The first-order valence-corrected chi connectivity index (χ1v) is 7.88. The Morgan fingerprint density at radius 2 is 1.95 bits per heavy atom. The Hall–Kier alpha value is -1.39. The van der Waals surface area contributed by atoms with Gasteiger partial charge in [0.05, 0.1) is 19.1 Å². The first kappa shape index (κ1) is 17.0. The molecule has 0 spiro atoms. The van der Waals surface area contributed by atoms with Gasteiger partial charge < -0.3 is 14.2 Å². The summed E-state index contributed by atoms with van der Waals surface area (Å²) in [5.41, 5.74) is 1.28. The van der Waals surface area contributed by atoms with Crippen molar-refractivity contribution in [3.8, 4) is 0 Å². The maximum atomic E-state index is 11.9. The summed E-state index contributed by atoms with van der Waals surface area (Å²) in [6, 6.07) is 10.3. The quantitative estimate of drug-likeness (QED) is 0.758. The predicted molar refractivity (Wildman–Crippen MR) is 84.3 cm³/mol. The largest absolute Gasteiger partial charge is 0.469 e. The van der Waals surface area contributed by atoms with Crippen LogP contribution in [0.25, 0.3) is 0 Å². The maximum Gasteiger partial charge on any atom is 0.308 e. The molecular formula is C18H26O4. The van der Waals surface area contributed by atoms with E-state index in [2.05, 4.69) is 19.1 Å². The summed E-state index contributed by atoms with van der Waals surface area (Å²) >= 11 is 0. The third-order valence-corrected chi connectivity index (χ3v) is 4.72. The molecule has 122 valence electrons. The van der Waals surface area contributed by atoms with Gasteiger partial charge in [-0.1, -0.05) is 44.2 Å². The first-order valence-electron chi connectivity index (χ1n) is 7.88. The highest BCUT2D eigenvalue weighted by Gasteiger charge is 2.46. The molecule has 0 N–H and O–H groups in total. The van der Waals surface area contributed by atoms with Crippen LogP contribution in [0.3, 0.4) is 0 Å². The van der Waals surface area contributed by atoms with E-state index in [4.69, 9.17) is 14.2 Å². The van der Waals surface area contributed by atoms with Gasteiger partial charge in [-0.2, -0.15) is 0 Å². The third kappa shape index (κ3) is 3.68. The Kier molecular flexibility index (Phi) is 5.98. The van der Waals surface area contributed by atoms with Gasteiger partial charge in [-0.3, -0.25) is 4.79 Å². The zero-order chi connectivity index (χ0) is 16.1. The zero-order valence-corrected chi connectivity index (χ0v) is 13.8. The molecule has 2 rings (SSSR count). The van der Waals surface area contributed by atoms with E-state index in [0.29, 0.717) is 0 Å². The second-order valence-electron chi connectivity index (χ2n) is 6.05. The van der Waals surface area contributed by atoms with Crippen molar-refractivity contribution in [2.75, 3.05) is 14.2 Å². The topological polar surface area (TPSA) is 44.8 Å². The second kappa shape index (κ2) is 7.75. The van der Waals surface area contributed by atoms with Gasteiger partial charge in [-0.05, 0) is 18.4 Å². The number of rotatable bonds is 6. The fourth-order valence-electron chi connectivity index (χ4n) is 3.51. The lowest BCUT2D eigenvalue weighted by Gasteiger charge is -2.25. The van der Waals surface area contributed by atoms with Crippen molar-refractivity contribution in [2.45, 2.75) is 39.1 Å². The van der Waals surface area contributed by atoms with E-state index in [1.165, 1.54) is 12.7 Å². The Bertz CT molecular complexity index is 473. The molecule has 1 aromatic rings. The van der Waals surface area contributed by atoms with Crippen molar-refractivity contribution in [1.29, 1.82) is 0 Å². The number of hydrogen-bond donors (Lipinski definition) is 0. The number of hydrogen-bond acceptors (Lipinski definition) is 4. The van der Waals surface area contributed by atoms with Crippen LogP contribution >= 0.6 is 0 Å². The average molecular weight is 306 g/mol. The van der Waals surface area contributed by atoms with Crippen LogP contribution in [0.1, 0.15) is 25.8 Å². The van der Waals surface area contributed by atoms with Gasteiger partial charge >= 0.3 is 5.97 Å². The monoisotopic (exact) mass is 306 g/mol. The highest BCUT2D eigenvalue weighted by atomic mass is 16.7. The molecule has 1 fully saturated rings. The van der Waals surface area contributed by atoms with Crippen LogP contribution in [0.2, 0.25) is 0 Å².